The topological polar surface area (TPSA) is 46.6 Å². The Balaban J connectivity index is 2.23. The Bertz CT molecular complexity index is 483. The molecule has 1 aromatic carbocycles. The average molecular weight is 259 g/mol. The van der Waals surface area contributed by atoms with Crippen molar-refractivity contribution >= 4 is 12.0 Å². The molecule has 1 fully saturated rings. The van der Waals surface area contributed by atoms with E-state index in [1.165, 1.54) is 4.90 Å². The summed E-state index contributed by atoms with van der Waals surface area (Å²) in [6, 6.07) is 9.12. The van der Waals surface area contributed by atoms with Crippen LogP contribution in [0.5, 0.6) is 0 Å². The highest BCUT2D eigenvalue weighted by atomic mass is 16.6. The van der Waals surface area contributed by atoms with E-state index in [1.54, 1.807) is 13.0 Å². The zero-order valence-corrected chi connectivity index (χ0v) is 10.9. The molecular formula is C15H17NO3. The predicted octanol–water partition coefficient (Wildman–Crippen LogP) is 2.92. The summed E-state index contributed by atoms with van der Waals surface area (Å²) >= 11 is 0. The molecule has 0 radical (unpaired) electrons. The number of carbonyl (C=O) groups excluding carboxylic acids is 2. The second-order valence-corrected chi connectivity index (χ2v) is 4.64. The van der Waals surface area contributed by atoms with Crippen molar-refractivity contribution in [3.63, 3.8) is 0 Å². The minimum Gasteiger partial charge on any atom is -0.446 e. The van der Waals surface area contributed by atoms with Crippen molar-refractivity contribution in [1.29, 1.82) is 0 Å². The molecular weight excluding hydrogens is 242 g/mol. The fourth-order valence-electron chi connectivity index (χ4n) is 2.17. The van der Waals surface area contributed by atoms with Crippen LogP contribution in [0.2, 0.25) is 0 Å². The number of benzene rings is 1. The van der Waals surface area contributed by atoms with E-state index >= 15 is 0 Å². The molecule has 4 nitrogen and oxygen atoms in total. The van der Waals surface area contributed by atoms with Gasteiger partial charge in [0.05, 0.1) is 0 Å². The number of ether oxygens (including phenoxy) is 1. The Morgan fingerprint density at radius 3 is 2.84 bits per heavy atom. The highest BCUT2D eigenvalue weighted by Gasteiger charge is 2.40. The number of amides is 2. The van der Waals surface area contributed by atoms with E-state index < -0.39 is 6.09 Å². The number of hydrogen-bond donors (Lipinski definition) is 0. The third-order valence-corrected chi connectivity index (χ3v) is 3.24. The molecule has 1 aliphatic rings. The maximum atomic E-state index is 12.3. The van der Waals surface area contributed by atoms with Gasteiger partial charge in [0.1, 0.15) is 12.6 Å². The Morgan fingerprint density at radius 1 is 1.53 bits per heavy atom. The van der Waals surface area contributed by atoms with Crippen LogP contribution in [0, 0.1) is 5.92 Å². The van der Waals surface area contributed by atoms with E-state index in [2.05, 4.69) is 6.58 Å². The van der Waals surface area contributed by atoms with Crippen LogP contribution in [-0.4, -0.2) is 23.5 Å². The molecule has 1 aromatic rings. The zero-order valence-electron chi connectivity index (χ0n) is 10.9. The lowest BCUT2D eigenvalue weighted by Gasteiger charge is -2.22. The number of imide groups is 1. The van der Waals surface area contributed by atoms with Gasteiger partial charge in [0, 0.05) is 5.92 Å². The van der Waals surface area contributed by atoms with Crippen molar-refractivity contribution < 1.29 is 14.3 Å². The quantitative estimate of drug-likeness (QED) is 0.781. The van der Waals surface area contributed by atoms with Crippen LogP contribution in [-0.2, 0) is 9.53 Å². The van der Waals surface area contributed by atoms with Gasteiger partial charge in [-0.3, -0.25) is 4.79 Å². The van der Waals surface area contributed by atoms with Gasteiger partial charge in [-0.15, -0.1) is 6.58 Å². The van der Waals surface area contributed by atoms with Crippen LogP contribution in [0.3, 0.4) is 0 Å². The Kier molecular flexibility index (Phi) is 4.00. The van der Waals surface area contributed by atoms with Crippen LogP contribution in [0.15, 0.2) is 43.0 Å². The molecule has 0 bridgehead atoms. The maximum Gasteiger partial charge on any atom is 0.417 e. The molecule has 2 amide bonds. The minimum atomic E-state index is -0.560. The summed E-state index contributed by atoms with van der Waals surface area (Å²) in [4.78, 5) is 25.3. The first-order valence-corrected chi connectivity index (χ1v) is 6.30. The Morgan fingerprint density at radius 2 is 2.21 bits per heavy atom. The van der Waals surface area contributed by atoms with E-state index in [-0.39, 0.29) is 24.5 Å². The maximum absolute atomic E-state index is 12.3. The van der Waals surface area contributed by atoms with Crippen molar-refractivity contribution in [1.82, 2.24) is 4.90 Å². The van der Waals surface area contributed by atoms with Crippen molar-refractivity contribution in [2.24, 2.45) is 5.92 Å². The molecule has 1 saturated heterocycles. The normalized spacial score (nSPS) is 19.9. The molecule has 1 aliphatic heterocycles. The largest absolute Gasteiger partial charge is 0.446 e. The number of carbonyl (C=O) groups is 2. The smallest absolute Gasteiger partial charge is 0.417 e. The number of cyclic esters (lactones) is 1. The lowest BCUT2D eigenvalue weighted by molar-refractivity contribution is -0.132. The van der Waals surface area contributed by atoms with Crippen LogP contribution in [0.25, 0.3) is 0 Å². The number of allylic oxidation sites excluding steroid dienone is 1. The van der Waals surface area contributed by atoms with Crippen molar-refractivity contribution in [3.05, 3.63) is 48.6 Å². The van der Waals surface area contributed by atoms with E-state index in [4.69, 9.17) is 4.74 Å². The standard InChI is InChI=1S/C15H17NO3/c1-3-7-11(2)14(17)16-13(10-19-15(16)18)12-8-5-4-6-9-12/h3-6,8-9,11,13H,1,7,10H2,2H3/t11-,13-/m1/s1. The first kappa shape index (κ1) is 13.3. The Labute approximate surface area is 112 Å². The summed E-state index contributed by atoms with van der Waals surface area (Å²) in [7, 11) is 0. The third-order valence-electron chi connectivity index (χ3n) is 3.24. The van der Waals surface area contributed by atoms with Crippen molar-refractivity contribution in [3.8, 4) is 0 Å². The summed E-state index contributed by atoms with van der Waals surface area (Å²) in [5.74, 6) is -0.481. The highest BCUT2D eigenvalue weighted by Crippen LogP contribution is 2.29. The second kappa shape index (κ2) is 5.69. The molecule has 100 valence electrons. The first-order valence-electron chi connectivity index (χ1n) is 6.30. The summed E-state index contributed by atoms with van der Waals surface area (Å²) in [6.45, 7) is 5.63. The van der Waals surface area contributed by atoms with Gasteiger partial charge in [0.15, 0.2) is 0 Å². The van der Waals surface area contributed by atoms with Crippen molar-refractivity contribution in [2.75, 3.05) is 6.61 Å². The molecule has 2 rings (SSSR count). The first-order chi connectivity index (χ1) is 9.15. The molecule has 4 heteroatoms. The molecule has 0 aromatic heterocycles. The van der Waals surface area contributed by atoms with Gasteiger partial charge < -0.3 is 4.74 Å². The van der Waals surface area contributed by atoms with Crippen molar-refractivity contribution in [2.45, 2.75) is 19.4 Å². The van der Waals surface area contributed by atoms with Gasteiger partial charge in [-0.1, -0.05) is 43.3 Å². The van der Waals surface area contributed by atoms with Gasteiger partial charge in [-0.05, 0) is 12.0 Å². The van der Waals surface area contributed by atoms with Gasteiger partial charge >= 0.3 is 6.09 Å². The number of nitrogens with zero attached hydrogens (tertiary/aromatic N) is 1. The van der Waals surface area contributed by atoms with Crippen LogP contribution < -0.4 is 0 Å². The van der Waals surface area contributed by atoms with E-state index in [0.717, 1.165) is 5.56 Å². The summed E-state index contributed by atoms with van der Waals surface area (Å²) < 4.78 is 5.02. The van der Waals surface area contributed by atoms with Gasteiger partial charge in [-0.25, -0.2) is 9.69 Å². The van der Waals surface area contributed by atoms with Gasteiger partial charge in [-0.2, -0.15) is 0 Å². The molecule has 0 saturated carbocycles. The lowest BCUT2D eigenvalue weighted by Crippen LogP contribution is -2.37. The van der Waals surface area contributed by atoms with E-state index in [9.17, 15) is 9.59 Å². The molecule has 0 aliphatic carbocycles. The van der Waals surface area contributed by atoms with E-state index in [0.29, 0.717) is 6.42 Å². The molecule has 1 heterocycles. The second-order valence-electron chi connectivity index (χ2n) is 4.64. The predicted molar refractivity (Wildman–Crippen MR) is 71.4 cm³/mol. The fraction of sp³-hybridized carbons (Fsp3) is 0.333. The van der Waals surface area contributed by atoms with Gasteiger partial charge in [0.25, 0.3) is 0 Å². The molecule has 19 heavy (non-hydrogen) atoms. The SMILES string of the molecule is C=CC[C@@H](C)C(=O)N1C(=O)OC[C@@H]1c1ccccc1. The van der Waals surface area contributed by atoms with Gasteiger partial charge in [0.2, 0.25) is 5.91 Å². The monoisotopic (exact) mass is 259 g/mol. The molecule has 0 unspecified atom stereocenters. The zero-order chi connectivity index (χ0) is 13.8. The highest BCUT2D eigenvalue weighted by molar-refractivity contribution is 5.94. The number of hydrogen-bond acceptors (Lipinski definition) is 3. The van der Waals surface area contributed by atoms with Crippen LogP contribution in [0.1, 0.15) is 24.9 Å². The lowest BCUT2D eigenvalue weighted by atomic mass is 10.0. The summed E-state index contributed by atoms with van der Waals surface area (Å²) in [5.41, 5.74) is 0.910. The van der Waals surface area contributed by atoms with Crippen LogP contribution in [0.4, 0.5) is 4.79 Å². The average Bonchev–Trinajstić information content (AvgIpc) is 2.81. The molecule has 0 N–H and O–H groups in total. The molecule has 0 spiro atoms. The fourth-order valence-corrected chi connectivity index (χ4v) is 2.17. The minimum absolute atomic E-state index is 0.212. The van der Waals surface area contributed by atoms with Crippen LogP contribution >= 0.6 is 0 Å². The summed E-state index contributed by atoms with van der Waals surface area (Å²) in [6.07, 6.45) is 1.67. The Hall–Kier alpha value is -2.10. The summed E-state index contributed by atoms with van der Waals surface area (Å²) in [5, 5.41) is 0. The third kappa shape index (κ3) is 2.67. The number of rotatable bonds is 4. The molecule has 2 atom stereocenters. The van der Waals surface area contributed by atoms with E-state index in [1.807, 2.05) is 30.3 Å².